The normalized spacial score (nSPS) is 28.0. The van der Waals surface area contributed by atoms with E-state index in [0.29, 0.717) is 5.71 Å². The van der Waals surface area contributed by atoms with Crippen LogP contribution in [0.4, 0.5) is 0 Å². The van der Waals surface area contributed by atoms with Gasteiger partial charge in [0, 0.05) is 0 Å². The maximum atomic E-state index is 5.65. The second kappa shape index (κ2) is 2.19. The molecule has 2 aliphatic rings. The van der Waals surface area contributed by atoms with Gasteiger partial charge in [-0.2, -0.15) is 0 Å². The van der Waals surface area contributed by atoms with E-state index in [2.05, 4.69) is 20.3 Å². The first-order valence-corrected chi connectivity index (χ1v) is 3.57. The molecular formula is C5H10N8. The van der Waals surface area contributed by atoms with Crippen LogP contribution in [0.15, 0.2) is 15.0 Å². The Morgan fingerprint density at radius 3 is 2.62 bits per heavy atom. The van der Waals surface area contributed by atoms with E-state index in [1.54, 1.807) is 0 Å². The maximum Gasteiger partial charge on any atom is 0.222 e. The van der Waals surface area contributed by atoms with Crippen molar-refractivity contribution in [1.29, 1.82) is 0 Å². The van der Waals surface area contributed by atoms with Gasteiger partial charge in [0.05, 0.1) is 0 Å². The Hall–Kier alpha value is -1.19. The van der Waals surface area contributed by atoms with Crippen molar-refractivity contribution < 1.29 is 0 Å². The monoisotopic (exact) mass is 182 g/mol. The first kappa shape index (κ1) is 8.41. The van der Waals surface area contributed by atoms with Crippen LogP contribution in [0.3, 0.4) is 0 Å². The van der Waals surface area contributed by atoms with Crippen LogP contribution in [0.25, 0.3) is 0 Å². The van der Waals surface area contributed by atoms with E-state index in [1.165, 1.54) is 6.34 Å². The minimum Gasteiger partial charge on any atom is -0.296 e. The molecule has 0 amide bonds. The van der Waals surface area contributed by atoms with Gasteiger partial charge in [-0.3, -0.25) is 22.9 Å². The number of nitrogens with zero attached hydrogens (tertiary/aromatic N) is 3. The minimum absolute atomic E-state index is 0.272. The number of hydrogen-bond donors (Lipinski definition) is 5. The molecule has 0 aliphatic carbocycles. The Balaban J connectivity index is 2.50. The second-order valence-corrected chi connectivity index (χ2v) is 2.98. The molecule has 2 heterocycles. The third-order valence-corrected chi connectivity index (χ3v) is 1.67. The Bertz CT molecular complexity index is 334. The average Bonchev–Trinajstić information content (AvgIpc) is 2.29. The summed E-state index contributed by atoms with van der Waals surface area (Å²) in [5, 5.41) is 2.52. The van der Waals surface area contributed by atoms with Crippen LogP contribution in [0.2, 0.25) is 0 Å². The van der Waals surface area contributed by atoms with Crippen molar-refractivity contribution in [2.45, 2.75) is 11.7 Å². The molecule has 0 saturated heterocycles. The molecule has 70 valence electrons. The molecule has 2 aliphatic heterocycles. The van der Waals surface area contributed by atoms with Gasteiger partial charge in [-0.05, 0) is 0 Å². The summed E-state index contributed by atoms with van der Waals surface area (Å²) < 4.78 is 0. The molecule has 0 aromatic rings. The van der Waals surface area contributed by atoms with Crippen molar-refractivity contribution >= 4 is 17.9 Å². The minimum atomic E-state index is -1.50. The summed E-state index contributed by atoms with van der Waals surface area (Å²) >= 11 is 0. The van der Waals surface area contributed by atoms with Crippen molar-refractivity contribution in [3.63, 3.8) is 0 Å². The number of rotatable bonds is 0. The van der Waals surface area contributed by atoms with Gasteiger partial charge in [0.15, 0.2) is 11.6 Å². The largest absolute Gasteiger partial charge is 0.296 e. The predicted octanol–water partition coefficient (Wildman–Crippen LogP) is -3.43. The third kappa shape index (κ3) is 1.26. The molecule has 13 heavy (non-hydrogen) atoms. The van der Waals surface area contributed by atoms with Crippen LogP contribution < -0.4 is 28.3 Å². The topological polar surface area (TPSA) is 153 Å². The van der Waals surface area contributed by atoms with Crippen LogP contribution in [-0.4, -0.2) is 29.6 Å². The zero-order chi connectivity index (χ0) is 9.69. The molecule has 0 unspecified atom stereocenters. The quantitative estimate of drug-likeness (QED) is 0.247. The number of aliphatic imine (C=N–C) groups is 3. The van der Waals surface area contributed by atoms with E-state index in [1.807, 2.05) is 0 Å². The molecule has 8 heteroatoms. The lowest BCUT2D eigenvalue weighted by atomic mass is 10.1. The molecule has 0 aromatic heterocycles. The Morgan fingerprint density at radius 2 is 1.92 bits per heavy atom. The highest BCUT2D eigenvalue weighted by atomic mass is 15.5. The van der Waals surface area contributed by atoms with Crippen LogP contribution in [0, 0.1) is 0 Å². The standard InChI is InChI=1S/C5H10N8/c6-4(7)2-3(11-1-10-2)12-5(8,9)13-4/h1,13H,6-9H2. The number of hydrogen-bond acceptors (Lipinski definition) is 8. The lowest BCUT2D eigenvalue weighted by molar-refractivity contribution is 0.276. The molecule has 0 saturated carbocycles. The third-order valence-electron chi connectivity index (χ3n) is 1.67. The van der Waals surface area contributed by atoms with Gasteiger partial charge in [0.1, 0.15) is 12.1 Å². The highest BCUT2D eigenvalue weighted by molar-refractivity contribution is 6.49. The summed E-state index contributed by atoms with van der Waals surface area (Å²) in [6.45, 7) is 0. The Kier molecular flexibility index (Phi) is 1.41. The summed E-state index contributed by atoms with van der Waals surface area (Å²) in [7, 11) is 0. The van der Waals surface area contributed by atoms with E-state index >= 15 is 0 Å². The van der Waals surface area contributed by atoms with Gasteiger partial charge in [-0.15, -0.1) is 0 Å². The maximum absolute atomic E-state index is 5.65. The zero-order valence-corrected chi connectivity index (χ0v) is 6.73. The molecular weight excluding hydrogens is 172 g/mol. The fourth-order valence-corrected chi connectivity index (χ4v) is 1.23. The van der Waals surface area contributed by atoms with E-state index in [0.717, 1.165) is 0 Å². The van der Waals surface area contributed by atoms with Gasteiger partial charge < -0.3 is 0 Å². The summed E-state index contributed by atoms with van der Waals surface area (Å²) in [6.07, 6.45) is 1.30. The van der Waals surface area contributed by atoms with Gasteiger partial charge in [0.2, 0.25) is 5.91 Å². The summed E-state index contributed by atoms with van der Waals surface area (Å²) in [4.78, 5) is 11.5. The smallest absolute Gasteiger partial charge is 0.222 e. The summed E-state index contributed by atoms with van der Waals surface area (Å²) in [6, 6.07) is 0. The number of nitrogens with two attached hydrogens (primary N) is 4. The van der Waals surface area contributed by atoms with E-state index in [-0.39, 0.29) is 5.84 Å². The molecule has 8 nitrogen and oxygen atoms in total. The fourth-order valence-electron chi connectivity index (χ4n) is 1.23. The highest BCUT2D eigenvalue weighted by Gasteiger charge is 2.42. The molecule has 0 fully saturated rings. The molecule has 0 radical (unpaired) electrons. The van der Waals surface area contributed by atoms with Crippen molar-refractivity contribution in [3.05, 3.63) is 0 Å². The first-order chi connectivity index (χ1) is 5.91. The molecule has 0 aromatic carbocycles. The second-order valence-electron chi connectivity index (χ2n) is 2.98. The van der Waals surface area contributed by atoms with Gasteiger partial charge >= 0.3 is 0 Å². The Labute approximate surface area is 73.8 Å². The fraction of sp³-hybridized carbons (Fsp3) is 0.400. The molecule has 2 rings (SSSR count). The van der Waals surface area contributed by atoms with Crippen LogP contribution >= 0.6 is 0 Å². The lowest BCUT2D eigenvalue weighted by Gasteiger charge is -2.37. The zero-order valence-electron chi connectivity index (χ0n) is 6.73. The molecule has 9 N–H and O–H groups in total. The molecule has 0 bridgehead atoms. The number of fused-ring (bicyclic) bond motifs is 1. The van der Waals surface area contributed by atoms with E-state index in [9.17, 15) is 0 Å². The van der Waals surface area contributed by atoms with Crippen molar-refractivity contribution in [3.8, 4) is 0 Å². The molecule has 0 atom stereocenters. The van der Waals surface area contributed by atoms with Crippen molar-refractivity contribution in [1.82, 2.24) is 5.32 Å². The Morgan fingerprint density at radius 1 is 1.23 bits per heavy atom. The highest BCUT2D eigenvalue weighted by Crippen LogP contribution is 2.11. The lowest BCUT2D eigenvalue weighted by Crippen LogP contribution is -2.80. The first-order valence-electron chi connectivity index (χ1n) is 3.57. The van der Waals surface area contributed by atoms with Crippen molar-refractivity contribution in [2.75, 3.05) is 0 Å². The van der Waals surface area contributed by atoms with Crippen LogP contribution in [-0.2, 0) is 0 Å². The van der Waals surface area contributed by atoms with Crippen LogP contribution in [0.5, 0.6) is 0 Å². The summed E-state index contributed by atoms with van der Waals surface area (Å²) in [5.74, 6) is -2.62. The predicted molar refractivity (Wildman–Crippen MR) is 48.7 cm³/mol. The average molecular weight is 182 g/mol. The van der Waals surface area contributed by atoms with Gasteiger partial charge in [-0.25, -0.2) is 20.3 Å². The molecule has 0 spiro atoms. The summed E-state index contributed by atoms with van der Waals surface area (Å²) in [5.41, 5.74) is 22.6. The van der Waals surface area contributed by atoms with Gasteiger partial charge in [-0.1, -0.05) is 0 Å². The number of nitrogens with one attached hydrogen (secondary N) is 1. The van der Waals surface area contributed by atoms with Crippen molar-refractivity contribution in [2.24, 2.45) is 37.9 Å². The SMILES string of the molecule is NC1(N)N=C2N=CN=C2C(N)(N)N1. The van der Waals surface area contributed by atoms with Gasteiger partial charge in [0.25, 0.3) is 0 Å². The van der Waals surface area contributed by atoms with E-state index in [4.69, 9.17) is 22.9 Å². The number of amidine groups is 1. The van der Waals surface area contributed by atoms with Crippen LogP contribution in [0.1, 0.15) is 0 Å². The van der Waals surface area contributed by atoms with E-state index < -0.39 is 11.7 Å².